The summed E-state index contributed by atoms with van der Waals surface area (Å²) in [5.74, 6) is -0.133. The number of rotatable bonds is 4. The van der Waals surface area contributed by atoms with Crippen LogP contribution in [0, 0.1) is 6.07 Å². The molecule has 1 saturated heterocycles. The number of nitrogens with zero attached hydrogens (tertiary/aromatic N) is 1. The maximum Gasteiger partial charge on any atom is 1.00 e. The molecule has 0 aliphatic carbocycles. The van der Waals surface area contributed by atoms with E-state index in [4.69, 9.17) is 14.6 Å². The summed E-state index contributed by atoms with van der Waals surface area (Å²) in [7, 11) is 1.66. The Morgan fingerprint density at radius 3 is 2.12 bits per heavy atom. The molecule has 0 bridgehead atoms. The number of hydrogen-bond donors (Lipinski definition) is 2. The fourth-order valence-corrected chi connectivity index (χ4v) is 3.60. The molecule has 1 heterocycles. The van der Waals surface area contributed by atoms with Crippen molar-refractivity contribution in [1.29, 1.82) is 0 Å². The average Bonchev–Trinajstić information content (AvgIpc) is 3.13. The molecule has 162 valence electrons. The third-order valence-corrected chi connectivity index (χ3v) is 5.12. The molecule has 1 fully saturated rings. The molecule has 33 heavy (non-hydrogen) atoms. The van der Waals surface area contributed by atoms with Gasteiger partial charge in [0.05, 0.1) is 12.0 Å². The monoisotopic (exact) mass is 468 g/mol. The van der Waals surface area contributed by atoms with Gasteiger partial charge in [0.15, 0.2) is 5.17 Å². The van der Waals surface area contributed by atoms with Crippen molar-refractivity contribution in [2.75, 3.05) is 7.11 Å². The van der Waals surface area contributed by atoms with Gasteiger partial charge in [-0.15, -0.1) is 12.1 Å². The summed E-state index contributed by atoms with van der Waals surface area (Å²) < 4.78 is 5.20. The Labute approximate surface area is 219 Å². The molecule has 8 heteroatoms. The van der Waals surface area contributed by atoms with Gasteiger partial charge in [-0.3, -0.25) is 14.6 Å². The van der Waals surface area contributed by atoms with Crippen molar-refractivity contribution < 1.29 is 49.0 Å². The van der Waals surface area contributed by atoms with Gasteiger partial charge in [-0.2, -0.15) is 18.2 Å². The number of thioether (sulfide) groups is 1. The van der Waals surface area contributed by atoms with Crippen molar-refractivity contribution in [1.82, 2.24) is 5.32 Å². The van der Waals surface area contributed by atoms with Crippen molar-refractivity contribution >= 4 is 40.6 Å². The minimum atomic E-state index is -0.833. The van der Waals surface area contributed by atoms with E-state index in [9.17, 15) is 4.79 Å². The second kappa shape index (κ2) is 13.0. The molecule has 0 aromatic heterocycles. The number of aliphatic imine (C=N–C) groups is 1. The van der Waals surface area contributed by atoms with Crippen LogP contribution in [0.15, 0.2) is 82.7 Å². The second-order valence-corrected chi connectivity index (χ2v) is 7.64. The van der Waals surface area contributed by atoms with Gasteiger partial charge in [-0.25, -0.2) is 0 Å². The van der Waals surface area contributed by atoms with Crippen LogP contribution in [0.3, 0.4) is 0 Å². The molecule has 1 aliphatic rings. The molecule has 6 nitrogen and oxygen atoms in total. The summed E-state index contributed by atoms with van der Waals surface area (Å²) in [5, 5.41) is 10.8. The van der Waals surface area contributed by atoms with Gasteiger partial charge < -0.3 is 15.2 Å². The van der Waals surface area contributed by atoms with E-state index in [1.807, 2.05) is 66.7 Å². The number of benzene rings is 3. The van der Waals surface area contributed by atoms with Crippen LogP contribution in [-0.2, 0) is 9.59 Å². The second-order valence-electron chi connectivity index (χ2n) is 6.61. The number of hydrogen-bond acceptors (Lipinski definition) is 5. The number of amides is 1. The zero-order chi connectivity index (χ0) is 22.9. The average molecular weight is 469 g/mol. The predicted octanol–water partition coefficient (Wildman–Crippen LogP) is 2.15. The molecule has 1 aliphatic heterocycles. The van der Waals surface area contributed by atoms with Crippen LogP contribution in [0.5, 0.6) is 5.75 Å². The first-order valence-electron chi connectivity index (χ1n) is 9.64. The smallest absolute Gasteiger partial charge is 0.497 e. The van der Waals surface area contributed by atoms with E-state index in [1.54, 1.807) is 19.2 Å². The van der Waals surface area contributed by atoms with Crippen LogP contribution < -0.4 is 39.6 Å². The maximum absolute atomic E-state index is 12.2. The topological polar surface area (TPSA) is 88.0 Å². The number of nitrogens with one attached hydrogen (secondary N) is 1. The van der Waals surface area contributed by atoms with Gasteiger partial charge in [0, 0.05) is 6.92 Å². The summed E-state index contributed by atoms with van der Waals surface area (Å²) in [6, 6.07) is 26.3. The largest absolute Gasteiger partial charge is 1.00 e. The molecule has 0 unspecified atom stereocenters. The van der Waals surface area contributed by atoms with Crippen LogP contribution in [0.2, 0.25) is 0 Å². The summed E-state index contributed by atoms with van der Waals surface area (Å²) in [5.41, 5.74) is 3.97. The quantitative estimate of drug-likeness (QED) is 0.348. The number of carbonyl (C=O) groups excluding carboxylic acids is 1. The van der Waals surface area contributed by atoms with Crippen LogP contribution in [0.25, 0.3) is 17.2 Å². The van der Waals surface area contributed by atoms with E-state index in [1.165, 1.54) is 11.8 Å². The molecular formula is C25H21N2NaO4S. The molecular weight excluding hydrogens is 447 g/mol. The minimum absolute atomic E-state index is 0. The zero-order valence-corrected chi connectivity index (χ0v) is 21.3. The standard InChI is InChI=1S/C23H17N2O2S.C2H4O2.Na/c1-27-20-13-11-18(12-14-20)17-9-7-16(8-10-17)15-21-22(26)25-23(28-21)24-19-5-3-2-4-6-19;1-2(3)4;/h3-15H,1H3,(H,24,25,26);1H3,(H,3,4);/q-1;;+1. The third kappa shape index (κ3) is 8.22. The maximum atomic E-state index is 12.2. The first-order chi connectivity index (χ1) is 15.4. The summed E-state index contributed by atoms with van der Waals surface area (Å²) in [6.07, 6.45) is 1.87. The van der Waals surface area contributed by atoms with Gasteiger partial charge in [0.2, 0.25) is 0 Å². The number of carboxylic acid groups (broad SMARTS) is 1. The van der Waals surface area contributed by atoms with Crippen molar-refractivity contribution in [2.45, 2.75) is 6.92 Å². The summed E-state index contributed by atoms with van der Waals surface area (Å²) in [6.45, 7) is 1.08. The van der Waals surface area contributed by atoms with Crippen molar-refractivity contribution in [3.05, 3.63) is 89.3 Å². The Morgan fingerprint density at radius 1 is 1.03 bits per heavy atom. The van der Waals surface area contributed by atoms with Gasteiger partial charge in [0.25, 0.3) is 11.9 Å². The predicted molar refractivity (Wildman–Crippen MR) is 128 cm³/mol. The molecule has 0 saturated carbocycles. The molecule has 4 rings (SSSR count). The Kier molecular flexibility index (Phi) is 10.4. The van der Waals surface area contributed by atoms with Crippen LogP contribution in [0.1, 0.15) is 12.5 Å². The van der Waals surface area contributed by atoms with Crippen molar-refractivity contribution in [3.8, 4) is 16.9 Å². The Bertz CT molecular complexity index is 1140. The van der Waals surface area contributed by atoms with E-state index in [-0.39, 0.29) is 35.5 Å². The Hall–Kier alpha value is -2.84. The van der Waals surface area contributed by atoms with Gasteiger partial charge >= 0.3 is 29.6 Å². The molecule has 0 spiro atoms. The van der Waals surface area contributed by atoms with Crippen LogP contribution in [0.4, 0.5) is 5.69 Å². The van der Waals surface area contributed by atoms with Crippen LogP contribution in [-0.4, -0.2) is 29.3 Å². The minimum Gasteiger partial charge on any atom is -0.497 e. The van der Waals surface area contributed by atoms with E-state index in [0.29, 0.717) is 10.1 Å². The van der Waals surface area contributed by atoms with Crippen molar-refractivity contribution in [3.63, 3.8) is 0 Å². The SMILES string of the molecule is CC(=O)O.COc1ccc(-c2ccc(C=C3SC(=Nc4cc[c-]cc4)NC3=O)cc2)cc1.[Na+]. The summed E-state index contributed by atoms with van der Waals surface area (Å²) in [4.78, 5) is 26.3. The number of amidine groups is 1. The Morgan fingerprint density at radius 2 is 1.58 bits per heavy atom. The van der Waals surface area contributed by atoms with Gasteiger partial charge in [0.1, 0.15) is 5.75 Å². The van der Waals surface area contributed by atoms with Crippen LogP contribution >= 0.6 is 11.8 Å². The van der Waals surface area contributed by atoms with Crippen molar-refractivity contribution in [2.24, 2.45) is 4.99 Å². The van der Waals surface area contributed by atoms with Gasteiger partial charge in [-0.1, -0.05) is 36.4 Å². The Balaban J connectivity index is 0.000000714. The van der Waals surface area contributed by atoms with E-state index >= 15 is 0 Å². The number of aliphatic carboxylic acids is 1. The van der Waals surface area contributed by atoms with E-state index < -0.39 is 5.97 Å². The fourth-order valence-electron chi connectivity index (χ4n) is 2.76. The first kappa shape index (κ1) is 26.4. The number of carboxylic acids is 1. The molecule has 0 atom stereocenters. The van der Waals surface area contributed by atoms with E-state index in [2.05, 4.69) is 16.4 Å². The molecule has 2 N–H and O–H groups in total. The number of methoxy groups -OCH3 is 1. The van der Waals surface area contributed by atoms with E-state index in [0.717, 1.165) is 35.1 Å². The normalized spacial score (nSPS) is 14.7. The first-order valence-corrected chi connectivity index (χ1v) is 10.5. The molecule has 3 aromatic rings. The molecule has 1 amide bonds. The van der Waals surface area contributed by atoms with Gasteiger partial charge in [-0.05, 0) is 52.3 Å². The zero-order valence-electron chi connectivity index (χ0n) is 18.5. The number of ether oxygens (including phenoxy) is 1. The fraction of sp³-hybridized carbons (Fsp3) is 0.0800. The molecule has 0 radical (unpaired) electrons. The number of carbonyl (C=O) groups is 2. The molecule has 3 aromatic carbocycles. The third-order valence-electron chi connectivity index (χ3n) is 4.21. The summed E-state index contributed by atoms with van der Waals surface area (Å²) >= 11 is 1.34.